The van der Waals surface area contributed by atoms with Gasteiger partial charge >= 0.3 is 0 Å². The van der Waals surface area contributed by atoms with Crippen molar-refractivity contribution in [3.63, 3.8) is 0 Å². The number of benzene rings is 1. The molecule has 2 N–H and O–H groups in total. The number of amides is 1. The number of anilines is 1. The summed E-state index contributed by atoms with van der Waals surface area (Å²) in [6, 6.07) is 14.7. The zero-order chi connectivity index (χ0) is 23.3. The van der Waals surface area contributed by atoms with Crippen molar-refractivity contribution < 1.29 is 9.32 Å². The Morgan fingerprint density at radius 1 is 1.09 bits per heavy atom. The average molecular weight is 461 g/mol. The van der Waals surface area contributed by atoms with Gasteiger partial charge in [-0.1, -0.05) is 35.5 Å². The lowest BCUT2D eigenvalue weighted by Gasteiger charge is -2.31. The van der Waals surface area contributed by atoms with Gasteiger partial charge in [-0.3, -0.25) is 9.69 Å². The summed E-state index contributed by atoms with van der Waals surface area (Å²) in [5.41, 5.74) is 7.74. The van der Waals surface area contributed by atoms with Crippen LogP contribution in [0.25, 0.3) is 11.4 Å². The van der Waals surface area contributed by atoms with Crippen LogP contribution in [0.4, 0.5) is 5.82 Å². The number of hydrogen-bond donors (Lipinski definition) is 1. The summed E-state index contributed by atoms with van der Waals surface area (Å²) >= 11 is 0. The first-order valence-corrected chi connectivity index (χ1v) is 12.3. The topological polar surface area (TPSA) is 101 Å². The van der Waals surface area contributed by atoms with E-state index in [0.717, 1.165) is 76.1 Å². The molecule has 0 unspecified atom stereocenters. The van der Waals surface area contributed by atoms with Crippen LogP contribution in [0.5, 0.6) is 0 Å². The van der Waals surface area contributed by atoms with Crippen molar-refractivity contribution in [1.29, 1.82) is 0 Å². The van der Waals surface area contributed by atoms with Crippen LogP contribution in [0, 0.1) is 5.92 Å². The zero-order valence-electron chi connectivity index (χ0n) is 19.5. The number of pyridine rings is 1. The van der Waals surface area contributed by atoms with Gasteiger partial charge in [0.15, 0.2) is 0 Å². The Kier molecular flexibility index (Phi) is 6.85. The molecule has 0 aliphatic carbocycles. The fraction of sp³-hybridized carbons (Fsp3) is 0.462. The number of rotatable bonds is 8. The van der Waals surface area contributed by atoms with Crippen LogP contribution in [0.3, 0.4) is 0 Å². The summed E-state index contributed by atoms with van der Waals surface area (Å²) in [6.45, 7) is 3.62. The Morgan fingerprint density at radius 2 is 1.91 bits per heavy atom. The summed E-state index contributed by atoms with van der Waals surface area (Å²) in [6.07, 6.45) is 7.69. The van der Waals surface area contributed by atoms with Crippen molar-refractivity contribution in [1.82, 2.24) is 20.0 Å². The van der Waals surface area contributed by atoms with Crippen molar-refractivity contribution in [2.75, 3.05) is 31.1 Å². The minimum absolute atomic E-state index is 0.0405. The van der Waals surface area contributed by atoms with Gasteiger partial charge in [-0.2, -0.15) is 4.98 Å². The SMILES string of the molecule is NC(=O)C1CCN(c2cc(-c3noc([C@@H]4CCCN4CCCc4ccccc4)n3)ccn2)CC1. The molecule has 0 radical (unpaired) electrons. The molecule has 0 bridgehead atoms. The Balaban J connectivity index is 1.22. The maximum Gasteiger partial charge on any atom is 0.244 e. The fourth-order valence-electron chi connectivity index (χ4n) is 5.12. The molecule has 8 heteroatoms. The van der Waals surface area contributed by atoms with E-state index in [1.807, 2.05) is 12.1 Å². The van der Waals surface area contributed by atoms with Crippen molar-refractivity contribution in [3.8, 4) is 11.4 Å². The monoisotopic (exact) mass is 460 g/mol. The predicted molar refractivity (Wildman–Crippen MR) is 130 cm³/mol. The van der Waals surface area contributed by atoms with Crippen molar-refractivity contribution >= 4 is 11.7 Å². The first-order valence-electron chi connectivity index (χ1n) is 12.3. The first-order chi connectivity index (χ1) is 16.7. The maximum absolute atomic E-state index is 11.5. The van der Waals surface area contributed by atoms with E-state index >= 15 is 0 Å². The highest BCUT2D eigenvalue weighted by atomic mass is 16.5. The van der Waals surface area contributed by atoms with Gasteiger partial charge in [-0.15, -0.1) is 0 Å². The van der Waals surface area contributed by atoms with Crippen LogP contribution in [0.1, 0.15) is 49.6 Å². The molecule has 4 heterocycles. The summed E-state index contributed by atoms with van der Waals surface area (Å²) < 4.78 is 5.74. The van der Waals surface area contributed by atoms with Crippen LogP contribution in [-0.4, -0.2) is 52.1 Å². The molecule has 0 spiro atoms. The van der Waals surface area contributed by atoms with E-state index in [9.17, 15) is 4.79 Å². The minimum Gasteiger partial charge on any atom is -0.369 e. The number of likely N-dealkylation sites (tertiary alicyclic amines) is 1. The van der Waals surface area contributed by atoms with Crippen molar-refractivity contribution in [2.24, 2.45) is 11.7 Å². The maximum atomic E-state index is 11.5. The van der Waals surface area contributed by atoms with E-state index in [1.54, 1.807) is 6.20 Å². The number of aromatic nitrogens is 3. The number of hydrogen-bond acceptors (Lipinski definition) is 7. The summed E-state index contributed by atoms with van der Waals surface area (Å²) in [4.78, 5) is 25.4. The highest BCUT2D eigenvalue weighted by Gasteiger charge is 2.30. The molecule has 2 aliphatic rings. The normalized spacial score (nSPS) is 19.5. The van der Waals surface area contributed by atoms with Gasteiger partial charge in [0.05, 0.1) is 6.04 Å². The molecule has 3 aromatic rings. The molecule has 1 atom stereocenters. The Bertz CT molecular complexity index is 1090. The molecule has 2 aliphatic heterocycles. The molecule has 2 fully saturated rings. The highest BCUT2D eigenvalue weighted by Crippen LogP contribution is 2.32. The van der Waals surface area contributed by atoms with E-state index in [1.165, 1.54) is 5.56 Å². The van der Waals surface area contributed by atoms with Crippen LogP contribution >= 0.6 is 0 Å². The summed E-state index contributed by atoms with van der Waals surface area (Å²) in [5, 5.41) is 4.29. The van der Waals surface area contributed by atoms with Crippen LogP contribution in [0.2, 0.25) is 0 Å². The van der Waals surface area contributed by atoms with E-state index < -0.39 is 0 Å². The number of carbonyl (C=O) groups is 1. The summed E-state index contributed by atoms with van der Waals surface area (Å²) in [7, 11) is 0. The molecular weight excluding hydrogens is 428 g/mol. The molecular formula is C26H32N6O2. The third kappa shape index (κ3) is 5.12. The molecule has 34 heavy (non-hydrogen) atoms. The average Bonchev–Trinajstić information content (AvgIpc) is 3.55. The smallest absolute Gasteiger partial charge is 0.244 e. The molecule has 8 nitrogen and oxygen atoms in total. The van der Waals surface area contributed by atoms with Gasteiger partial charge in [-0.05, 0) is 69.3 Å². The van der Waals surface area contributed by atoms with E-state index in [4.69, 9.17) is 15.2 Å². The second-order valence-corrected chi connectivity index (χ2v) is 9.31. The van der Waals surface area contributed by atoms with Gasteiger partial charge < -0.3 is 15.2 Å². The fourth-order valence-corrected chi connectivity index (χ4v) is 5.12. The number of nitrogens with two attached hydrogens (primary N) is 1. The second-order valence-electron chi connectivity index (χ2n) is 9.31. The third-order valence-electron chi connectivity index (χ3n) is 7.07. The Hall–Kier alpha value is -3.26. The lowest BCUT2D eigenvalue weighted by molar-refractivity contribution is -0.122. The quantitative estimate of drug-likeness (QED) is 0.548. The molecule has 0 saturated carbocycles. The second kappa shape index (κ2) is 10.3. The lowest BCUT2D eigenvalue weighted by Crippen LogP contribution is -2.38. The minimum atomic E-state index is -0.207. The van der Waals surface area contributed by atoms with Crippen LogP contribution < -0.4 is 10.6 Å². The molecule has 1 amide bonds. The highest BCUT2D eigenvalue weighted by molar-refractivity contribution is 5.77. The van der Waals surface area contributed by atoms with Gasteiger partial charge in [0.1, 0.15) is 5.82 Å². The first kappa shape index (κ1) is 22.5. The van der Waals surface area contributed by atoms with E-state index in [-0.39, 0.29) is 17.9 Å². The predicted octanol–water partition coefficient (Wildman–Crippen LogP) is 3.60. The van der Waals surface area contributed by atoms with Gasteiger partial charge in [0, 0.05) is 30.8 Å². The van der Waals surface area contributed by atoms with Crippen LogP contribution in [-0.2, 0) is 11.2 Å². The largest absolute Gasteiger partial charge is 0.369 e. The van der Waals surface area contributed by atoms with Gasteiger partial charge in [-0.25, -0.2) is 4.98 Å². The van der Waals surface area contributed by atoms with Crippen molar-refractivity contribution in [2.45, 2.75) is 44.6 Å². The molecule has 2 aromatic heterocycles. The number of aryl methyl sites for hydroxylation is 1. The zero-order valence-corrected chi connectivity index (χ0v) is 19.5. The standard InChI is InChI=1S/C26H32N6O2/c27-24(33)20-11-16-32(17-12-20)23-18-21(10-13-28-23)25-29-26(34-30-25)22-9-5-15-31(22)14-4-8-19-6-2-1-3-7-19/h1-3,6-7,10,13,18,20,22H,4-5,8-9,11-12,14-17H2,(H2,27,33)/t22-/m0/s1. The number of carbonyl (C=O) groups excluding carboxylic acids is 1. The molecule has 1 aromatic carbocycles. The molecule has 178 valence electrons. The molecule has 5 rings (SSSR count). The molecule has 2 saturated heterocycles. The van der Waals surface area contributed by atoms with Crippen LogP contribution in [0.15, 0.2) is 53.2 Å². The number of primary amides is 1. The summed E-state index contributed by atoms with van der Waals surface area (Å²) in [5.74, 6) is 1.92. The van der Waals surface area contributed by atoms with Gasteiger partial charge in [0.2, 0.25) is 17.6 Å². The lowest BCUT2D eigenvalue weighted by atomic mass is 9.96. The number of nitrogens with zero attached hydrogens (tertiary/aromatic N) is 5. The van der Waals surface area contributed by atoms with E-state index in [0.29, 0.717) is 11.7 Å². The van der Waals surface area contributed by atoms with Crippen molar-refractivity contribution in [3.05, 3.63) is 60.1 Å². The Labute approximate surface area is 200 Å². The van der Waals surface area contributed by atoms with E-state index in [2.05, 4.69) is 50.3 Å². The van der Waals surface area contributed by atoms with Gasteiger partial charge in [0.25, 0.3) is 0 Å². The Morgan fingerprint density at radius 3 is 2.71 bits per heavy atom. The third-order valence-corrected chi connectivity index (χ3v) is 7.07. The number of piperidine rings is 1.